The van der Waals surface area contributed by atoms with E-state index in [9.17, 15) is 9.90 Å². The smallest absolute Gasteiger partial charge is 0.374 e. The number of anilines is 1. The summed E-state index contributed by atoms with van der Waals surface area (Å²) in [5.41, 5.74) is 2.66. The summed E-state index contributed by atoms with van der Waals surface area (Å²) in [6.45, 7) is 3.61. The molecule has 110 valence electrons. The molecule has 0 amide bonds. The zero-order chi connectivity index (χ0) is 14.8. The lowest BCUT2D eigenvalue weighted by Gasteiger charge is -2.29. The Morgan fingerprint density at radius 2 is 1.81 bits per heavy atom. The summed E-state index contributed by atoms with van der Waals surface area (Å²) in [5.74, 6) is -0.270. The van der Waals surface area contributed by atoms with E-state index in [1.54, 1.807) is 0 Å². The zero-order valence-corrected chi connectivity index (χ0v) is 12.1. The fourth-order valence-corrected chi connectivity index (χ4v) is 3.04. The standard InChI is InChI=1S/C17H19NO3/c1-12-14(13-8-4-2-5-9-13)15(16(21-12)17(19)20)18-10-6-3-7-11-18/h2,4-5,8-9H,3,6-7,10-11H2,1H3,(H,19,20). The molecule has 1 fully saturated rings. The van der Waals surface area contributed by atoms with E-state index in [1.807, 2.05) is 37.3 Å². The number of hydrogen-bond acceptors (Lipinski definition) is 3. The zero-order valence-electron chi connectivity index (χ0n) is 12.1. The molecule has 0 unspecified atom stereocenters. The third-order valence-electron chi connectivity index (χ3n) is 3.99. The van der Waals surface area contributed by atoms with Gasteiger partial charge in [0.25, 0.3) is 0 Å². The molecule has 1 N–H and O–H groups in total. The van der Waals surface area contributed by atoms with Crippen LogP contribution in [0.25, 0.3) is 11.1 Å². The minimum atomic E-state index is -0.999. The molecule has 0 saturated carbocycles. The van der Waals surface area contributed by atoms with Crippen LogP contribution in [0.5, 0.6) is 0 Å². The van der Waals surface area contributed by atoms with Gasteiger partial charge in [0.1, 0.15) is 5.76 Å². The van der Waals surface area contributed by atoms with E-state index < -0.39 is 5.97 Å². The van der Waals surface area contributed by atoms with Crippen molar-refractivity contribution < 1.29 is 14.3 Å². The molecular formula is C17H19NO3. The van der Waals surface area contributed by atoms with E-state index in [4.69, 9.17) is 4.42 Å². The number of hydrogen-bond donors (Lipinski definition) is 1. The number of carboxylic acids is 1. The maximum Gasteiger partial charge on any atom is 0.374 e. The van der Waals surface area contributed by atoms with Gasteiger partial charge in [-0.2, -0.15) is 0 Å². The minimum Gasteiger partial charge on any atom is -0.475 e. The number of piperidine rings is 1. The summed E-state index contributed by atoms with van der Waals surface area (Å²) >= 11 is 0. The van der Waals surface area contributed by atoms with Gasteiger partial charge in [-0.1, -0.05) is 30.3 Å². The van der Waals surface area contributed by atoms with Gasteiger partial charge in [0.05, 0.1) is 5.69 Å². The lowest BCUT2D eigenvalue weighted by molar-refractivity contribution is 0.0661. The second-order valence-electron chi connectivity index (χ2n) is 5.43. The first-order chi connectivity index (χ1) is 10.2. The first-order valence-electron chi connectivity index (χ1n) is 7.35. The Bertz CT molecular complexity index is 640. The van der Waals surface area contributed by atoms with Crippen LogP contribution < -0.4 is 4.90 Å². The lowest BCUT2D eigenvalue weighted by Crippen LogP contribution is -2.30. The van der Waals surface area contributed by atoms with Crippen LogP contribution in [0.4, 0.5) is 5.69 Å². The number of furan rings is 1. The van der Waals surface area contributed by atoms with Crippen molar-refractivity contribution in [3.63, 3.8) is 0 Å². The van der Waals surface area contributed by atoms with Gasteiger partial charge in [0.2, 0.25) is 5.76 Å². The highest BCUT2D eigenvalue weighted by Crippen LogP contribution is 2.40. The second kappa shape index (κ2) is 5.64. The van der Waals surface area contributed by atoms with Crippen LogP contribution in [-0.4, -0.2) is 24.2 Å². The Morgan fingerprint density at radius 1 is 1.14 bits per heavy atom. The minimum absolute atomic E-state index is 0.0632. The molecule has 2 heterocycles. The largest absolute Gasteiger partial charge is 0.475 e. The van der Waals surface area contributed by atoms with E-state index in [-0.39, 0.29) is 5.76 Å². The van der Waals surface area contributed by atoms with Crippen LogP contribution in [0.2, 0.25) is 0 Å². The van der Waals surface area contributed by atoms with E-state index in [0.29, 0.717) is 5.76 Å². The Morgan fingerprint density at radius 3 is 2.43 bits per heavy atom. The van der Waals surface area contributed by atoms with Crippen LogP contribution in [0.1, 0.15) is 35.6 Å². The number of carbonyl (C=O) groups is 1. The second-order valence-corrected chi connectivity index (χ2v) is 5.43. The number of rotatable bonds is 3. The van der Waals surface area contributed by atoms with Crippen LogP contribution in [0, 0.1) is 6.92 Å². The van der Waals surface area contributed by atoms with Crippen molar-refractivity contribution in [2.45, 2.75) is 26.2 Å². The van der Waals surface area contributed by atoms with E-state index in [2.05, 4.69) is 4.90 Å². The average Bonchev–Trinajstić information content (AvgIpc) is 2.87. The maximum atomic E-state index is 11.5. The fraction of sp³-hybridized carbons (Fsp3) is 0.353. The molecule has 0 aliphatic carbocycles. The molecule has 0 bridgehead atoms. The van der Waals surface area contributed by atoms with E-state index >= 15 is 0 Å². The first-order valence-corrected chi connectivity index (χ1v) is 7.35. The van der Waals surface area contributed by atoms with Gasteiger partial charge < -0.3 is 14.4 Å². The van der Waals surface area contributed by atoms with Crippen molar-refractivity contribution in [3.05, 3.63) is 41.9 Å². The molecule has 3 rings (SSSR count). The molecule has 1 aromatic carbocycles. The van der Waals surface area contributed by atoms with Gasteiger partial charge in [-0.25, -0.2) is 4.79 Å². The van der Waals surface area contributed by atoms with Crippen molar-refractivity contribution in [2.24, 2.45) is 0 Å². The molecule has 1 aliphatic rings. The summed E-state index contributed by atoms with van der Waals surface area (Å²) in [5, 5.41) is 9.46. The highest BCUT2D eigenvalue weighted by molar-refractivity contribution is 5.98. The van der Waals surface area contributed by atoms with Crippen LogP contribution in [0.15, 0.2) is 34.7 Å². The summed E-state index contributed by atoms with van der Waals surface area (Å²) in [7, 11) is 0. The number of carboxylic acid groups (broad SMARTS) is 1. The van der Waals surface area contributed by atoms with Crippen LogP contribution in [0.3, 0.4) is 0 Å². The molecule has 0 atom stereocenters. The number of nitrogens with zero attached hydrogens (tertiary/aromatic N) is 1. The Labute approximate surface area is 124 Å². The van der Waals surface area contributed by atoms with Crippen LogP contribution in [-0.2, 0) is 0 Å². The van der Waals surface area contributed by atoms with Gasteiger partial charge in [0, 0.05) is 18.7 Å². The quantitative estimate of drug-likeness (QED) is 0.928. The molecule has 4 heteroatoms. The van der Waals surface area contributed by atoms with E-state index in [1.165, 1.54) is 6.42 Å². The number of benzene rings is 1. The predicted molar refractivity (Wildman–Crippen MR) is 81.9 cm³/mol. The SMILES string of the molecule is Cc1oc(C(=O)O)c(N2CCCCC2)c1-c1ccccc1. The molecular weight excluding hydrogens is 266 g/mol. The molecule has 0 radical (unpaired) electrons. The average molecular weight is 285 g/mol. The molecule has 2 aromatic rings. The fourth-order valence-electron chi connectivity index (χ4n) is 3.04. The Balaban J connectivity index is 2.16. The van der Waals surface area contributed by atoms with Crippen molar-refractivity contribution >= 4 is 11.7 Å². The lowest BCUT2D eigenvalue weighted by atomic mass is 10.0. The molecule has 21 heavy (non-hydrogen) atoms. The Kier molecular flexibility index (Phi) is 3.69. The molecule has 1 saturated heterocycles. The topological polar surface area (TPSA) is 53.7 Å². The predicted octanol–water partition coefficient (Wildman–Crippen LogP) is 3.94. The Hall–Kier alpha value is -2.23. The van der Waals surface area contributed by atoms with Crippen LogP contribution >= 0.6 is 0 Å². The summed E-state index contributed by atoms with van der Waals surface area (Å²) in [6.07, 6.45) is 3.39. The third kappa shape index (κ3) is 2.53. The molecule has 0 spiro atoms. The monoisotopic (exact) mass is 285 g/mol. The number of aryl methyl sites for hydroxylation is 1. The van der Waals surface area contributed by atoms with E-state index in [0.717, 1.165) is 42.7 Å². The van der Waals surface area contributed by atoms with Gasteiger partial charge in [-0.05, 0) is 31.7 Å². The first kappa shape index (κ1) is 13.7. The van der Waals surface area contributed by atoms with Gasteiger partial charge in [-0.3, -0.25) is 0 Å². The van der Waals surface area contributed by atoms with Gasteiger partial charge in [-0.15, -0.1) is 0 Å². The normalized spacial score (nSPS) is 15.2. The van der Waals surface area contributed by atoms with Crippen molar-refractivity contribution in [1.82, 2.24) is 0 Å². The highest BCUT2D eigenvalue weighted by atomic mass is 16.4. The third-order valence-corrected chi connectivity index (χ3v) is 3.99. The summed E-state index contributed by atoms with van der Waals surface area (Å²) < 4.78 is 5.57. The molecule has 4 nitrogen and oxygen atoms in total. The molecule has 1 aliphatic heterocycles. The maximum absolute atomic E-state index is 11.5. The van der Waals surface area contributed by atoms with Crippen molar-refractivity contribution in [2.75, 3.05) is 18.0 Å². The van der Waals surface area contributed by atoms with Gasteiger partial charge in [0.15, 0.2) is 0 Å². The summed E-state index contributed by atoms with van der Waals surface area (Å²) in [6, 6.07) is 9.87. The highest BCUT2D eigenvalue weighted by Gasteiger charge is 2.28. The van der Waals surface area contributed by atoms with Crippen molar-refractivity contribution in [3.8, 4) is 11.1 Å². The van der Waals surface area contributed by atoms with Gasteiger partial charge >= 0.3 is 5.97 Å². The number of aromatic carboxylic acids is 1. The summed E-state index contributed by atoms with van der Waals surface area (Å²) in [4.78, 5) is 13.7. The molecule has 1 aromatic heterocycles. The van der Waals surface area contributed by atoms with Crippen molar-refractivity contribution in [1.29, 1.82) is 0 Å².